The van der Waals surface area contributed by atoms with Crippen molar-refractivity contribution in [2.75, 3.05) is 43.2 Å². The maximum absolute atomic E-state index is 12.8. The molecule has 0 aliphatic carbocycles. The quantitative estimate of drug-likeness (QED) is 0.516. The van der Waals surface area contributed by atoms with Gasteiger partial charge in [0.15, 0.2) is 0 Å². The first kappa shape index (κ1) is 25.7. The summed E-state index contributed by atoms with van der Waals surface area (Å²) in [4.78, 5) is 36.7. The molecule has 178 valence electrons. The number of carbonyl (C=O) groups is 3. The van der Waals surface area contributed by atoms with E-state index in [1.54, 1.807) is 12.1 Å². The van der Waals surface area contributed by atoms with Crippen molar-refractivity contribution in [3.8, 4) is 5.75 Å². The molecule has 0 bridgehead atoms. The standard InChI is InChI=1S/C22H26N2O8S/c1-5-12-32-17-9-7-16(8-10-17)24(33(4,28)29)14-20(25)23-19-13-15(21(26)30-2)6-11-18(19)22(27)31-3/h6-11,13H,5,12,14H2,1-4H3,(H,23,25). The van der Waals surface area contributed by atoms with Crippen LogP contribution >= 0.6 is 0 Å². The topological polar surface area (TPSA) is 128 Å². The summed E-state index contributed by atoms with van der Waals surface area (Å²) in [6.07, 6.45) is 1.79. The van der Waals surface area contributed by atoms with Crippen molar-refractivity contribution in [2.24, 2.45) is 0 Å². The van der Waals surface area contributed by atoms with E-state index in [2.05, 4.69) is 10.1 Å². The van der Waals surface area contributed by atoms with Gasteiger partial charge in [0, 0.05) is 0 Å². The molecule has 2 rings (SSSR count). The molecule has 2 aromatic carbocycles. The van der Waals surface area contributed by atoms with Crippen molar-refractivity contribution in [2.45, 2.75) is 13.3 Å². The van der Waals surface area contributed by atoms with Crippen LogP contribution in [-0.2, 0) is 24.3 Å². The Morgan fingerprint density at radius 3 is 2.15 bits per heavy atom. The third-order valence-electron chi connectivity index (χ3n) is 4.41. The number of amides is 1. The summed E-state index contributed by atoms with van der Waals surface area (Å²) in [6.45, 7) is 1.91. The number of benzene rings is 2. The first-order chi connectivity index (χ1) is 15.6. The van der Waals surface area contributed by atoms with Crippen LogP contribution in [0, 0.1) is 0 Å². The number of esters is 2. The second kappa shape index (κ2) is 11.3. The van der Waals surface area contributed by atoms with Gasteiger partial charge in [-0.25, -0.2) is 18.0 Å². The Balaban J connectivity index is 2.30. The van der Waals surface area contributed by atoms with E-state index >= 15 is 0 Å². The minimum Gasteiger partial charge on any atom is -0.494 e. The average Bonchev–Trinajstić information content (AvgIpc) is 2.79. The van der Waals surface area contributed by atoms with Gasteiger partial charge in [-0.15, -0.1) is 0 Å². The molecule has 0 aliphatic rings. The summed E-state index contributed by atoms with van der Waals surface area (Å²) >= 11 is 0. The number of nitrogens with zero attached hydrogens (tertiary/aromatic N) is 1. The van der Waals surface area contributed by atoms with Crippen LogP contribution in [0.4, 0.5) is 11.4 Å². The normalized spacial score (nSPS) is 10.8. The summed E-state index contributed by atoms with van der Waals surface area (Å²) in [5, 5.41) is 2.48. The predicted molar refractivity (Wildman–Crippen MR) is 122 cm³/mol. The van der Waals surface area contributed by atoms with Crippen LogP contribution in [0.1, 0.15) is 34.1 Å². The summed E-state index contributed by atoms with van der Waals surface area (Å²) in [5.41, 5.74) is 0.310. The van der Waals surface area contributed by atoms with E-state index in [1.807, 2.05) is 6.92 Å². The van der Waals surface area contributed by atoms with E-state index in [9.17, 15) is 22.8 Å². The zero-order valence-electron chi connectivity index (χ0n) is 18.8. The van der Waals surface area contributed by atoms with Gasteiger partial charge in [-0.1, -0.05) is 6.92 Å². The fraction of sp³-hybridized carbons (Fsp3) is 0.318. The molecule has 0 fully saturated rings. The predicted octanol–water partition coefficient (Wildman–Crippen LogP) is 2.45. The summed E-state index contributed by atoms with van der Waals surface area (Å²) in [5.74, 6) is -1.59. The van der Waals surface area contributed by atoms with E-state index in [0.29, 0.717) is 12.4 Å². The van der Waals surface area contributed by atoms with Crippen LogP contribution in [0.3, 0.4) is 0 Å². The Morgan fingerprint density at radius 1 is 0.970 bits per heavy atom. The monoisotopic (exact) mass is 478 g/mol. The van der Waals surface area contributed by atoms with Crippen molar-refractivity contribution in [3.05, 3.63) is 53.6 Å². The molecule has 1 N–H and O–H groups in total. The van der Waals surface area contributed by atoms with Crippen molar-refractivity contribution < 1.29 is 37.0 Å². The molecule has 0 spiro atoms. The summed E-state index contributed by atoms with van der Waals surface area (Å²) < 4.78 is 40.5. The number of sulfonamides is 1. The SMILES string of the molecule is CCCOc1ccc(N(CC(=O)Nc2cc(C(=O)OC)ccc2C(=O)OC)S(C)(=O)=O)cc1. The second-order valence-electron chi connectivity index (χ2n) is 6.90. The molecule has 0 saturated heterocycles. The Hall–Kier alpha value is -3.60. The largest absolute Gasteiger partial charge is 0.494 e. The maximum atomic E-state index is 12.8. The zero-order valence-corrected chi connectivity index (χ0v) is 19.6. The molecule has 0 saturated carbocycles. The van der Waals surface area contributed by atoms with E-state index in [-0.39, 0.29) is 22.5 Å². The molecule has 0 aromatic heterocycles. The number of carbonyl (C=O) groups excluding carboxylic acids is 3. The highest BCUT2D eigenvalue weighted by Crippen LogP contribution is 2.23. The first-order valence-corrected chi connectivity index (χ1v) is 11.8. The minimum absolute atomic E-state index is 0.0122. The molecule has 0 unspecified atom stereocenters. The van der Waals surface area contributed by atoms with Gasteiger partial charge in [-0.3, -0.25) is 9.10 Å². The lowest BCUT2D eigenvalue weighted by Gasteiger charge is -2.22. The summed E-state index contributed by atoms with van der Waals surface area (Å²) in [7, 11) is -1.47. The number of anilines is 2. The number of hydrogen-bond acceptors (Lipinski definition) is 8. The smallest absolute Gasteiger partial charge is 0.339 e. The average molecular weight is 479 g/mol. The van der Waals surface area contributed by atoms with Crippen molar-refractivity contribution in [1.29, 1.82) is 0 Å². The molecule has 11 heteroatoms. The van der Waals surface area contributed by atoms with Crippen LogP contribution in [0.2, 0.25) is 0 Å². The van der Waals surface area contributed by atoms with Crippen LogP contribution in [-0.4, -0.2) is 59.9 Å². The molecule has 33 heavy (non-hydrogen) atoms. The van der Waals surface area contributed by atoms with Crippen LogP contribution in [0.5, 0.6) is 5.75 Å². The number of rotatable bonds is 10. The Morgan fingerprint density at radius 2 is 1.61 bits per heavy atom. The lowest BCUT2D eigenvalue weighted by atomic mass is 10.1. The molecular weight excluding hydrogens is 452 g/mol. The molecule has 0 atom stereocenters. The fourth-order valence-electron chi connectivity index (χ4n) is 2.83. The van der Waals surface area contributed by atoms with E-state index in [4.69, 9.17) is 9.47 Å². The number of methoxy groups -OCH3 is 2. The first-order valence-electron chi connectivity index (χ1n) is 9.91. The highest BCUT2D eigenvalue weighted by atomic mass is 32.2. The Kier molecular flexibility index (Phi) is 8.80. The fourth-order valence-corrected chi connectivity index (χ4v) is 3.69. The Labute approximate surface area is 192 Å². The van der Waals surface area contributed by atoms with Crippen LogP contribution in [0.15, 0.2) is 42.5 Å². The van der Waals surface area contributed by atoms with Crippen molar-refractivity contribution >= 4 is 39.2 Å². The molecule has 2 aromatic rings. The van der Waals surface area contributed by atoms with Gasteiger partial charge in [0.1, 0.15) is 12.3 Å². The highest BCUT2D eigenvalue weighted by molar-refractivity contribution is 7.92. The molecule has 1 amide bonds. The van der Waals surface area contributed by atoms with Gasteiger partial charge < -0.3 is 19.5 Å². The number of nitrogens with one attached hydrogen (secondary N) is 1. The van der Waals surface area contributed by atoms with Gasteiger partial charge in [-0.05, 0) is 48.9 Å². The minimum atomic E-state index is -3.83. The zero-order chi connectivity index (χ0) is 24.6. The molecule has 0 aliphatic heterocycles. The number of hydrogen-bond donors (Lipinski definition) is 1. The lowest BCUT2D eigenvalue weighted by molar-refractivity contribution is -0.114. The summed E-state index contributed by atoms with van der Waals surface area (Å²) in [6, 6.07) is 10.2. The Bertz CT molecular complexity index is 1110. The van der Waals surface area contributed by atoms with Gasteiger partial charge in [0.25, 0.3) is 0 Å². The maximum Gasteiger partial charge on any atom is 0.339 e. The van der Waals surface area contributed by atoms with Gasteiger partial charge in [0.2, 0.25) is 15.9 Å². The highest BCUT2D eigenvalue weighted by Gasteiger charge is 2.23. The van der Waals surface area contributed by atoms with E-state index in [0.717, 1.165) is 17.0 Å². The lowest BCUT2D eigenvalue weighted by Crippen LogP contribution is -2.37. The van der Waals surface area contributed by atoms with Crippen molar-refractivity contribution in [3.63, 3.8) is 0 Å². The second-order valence-corrected chi connectivity index (χ2v) is 8.81. The van der Waals surface area contributed by atoms with Crippen LogP contribution in [0.25, 0.3) is 0 Å². The number of ether oxygens (including phenoxy) is 3. The van der Waals surface area contributed by atoms with Gasteiger partial charge in [0.05, 0.1) is 49.6 Å². The van der Waals surface area contributed by atoms with Crippen LogP contribution < -0.4 is 14.4 Å². The third kappa shape index (κ3) is 6.94. The molecule has 0 radical (unpaired) electrons. The molecule has 10 nitrogen and oxygen atoms in total. The van der Waals surface area contributed by atoms with Gasteiger partial charge in [-0.2, -0.15) is 0 Å². The van der Waals surface area contributed by atoms with Crippen molar-refractivity contribution in [1.82, 2.24) is 0 Å². The third-order valence-corrected chi connectivity index (χ3v) is 5.55. The van der Waals surface area contributed by atoms with E-state index in [1.165, 1.54) is 44.6 Å². The molecular formula is C22H26N2O8S. The molecule has 0 heterocycles. The van der Waals surface area contributed by atoms with Gasteiger partial charge >= 0.3 is 11.9 Å². The van der Waals surface area contributed by atoms with E-state index < -0.39 is 34.4 Å².